The molecule has 0 aliphatic carbocycles. The van der Waals surface area contributed by atoms with E-state index in [-0.39, 0.29) is 12.1 Å². The molecule has 206 valence electrons. The van der Waals surface area contributed by atoms with Crippen LogP contribution in [0, 0.1) is 6.92 Å². The second kappa shape index (κ2) is 10.2. The van der Waals surface area contributed by atoms with Gasteiger partial charge in [0.15, 0.2) is 11.5 Å². The molecule has 0 radical (unpaired) electrons. The number of nitrogens with zero attached hydrogens (tertiary/aromatic N) is 4. The highest BCUT2D eigenvalue weighted by molar-refractivity contribution is 5.90. The minimum absolute atomic E-state index is 0.206. The van der Waals surface area contributed by atoms with E-state index in [1.807, 2.05) is 52.0 Å². The molecule has 0 saturated carbocycles. The van der Waals surface area contributed by atoms with Crippen molar-refractivity contribution in [3.05, 3.63) is 119 Å². The first-order chi connectivity index (χ1) is 20.1. The topological polar surface area (TPSA) is 73.6 Å². The fourth-order valence-corrected chi connectivity index (χ4v) is 5.76. The van der Waals surface area contributed by atoms with Crippen LogP contribution in [0.3, 0.4) is 0 Å². The highest BCUT2D eigenvalue weighted by atomic mass is 16.6. The minimum atomic E-state index is -0.329. The fourth-order valence-electron chi connectivity index (χ4n) is 5.76. The maximum absolute atomic E-state index is 14.3. The van der Waals surface area contributed by atoms with Crippen LogP contribution < -0.4 is 14.8 Å². The standard InChI is InChI=1S/C33H31N5O3/c1-3-27-26-21-37(33(39)34-24-15-16-29-30(20-24)41-19-18-40-29)31(23-13-11-22(2)12-14-23)28-10-7-17-36(28)32(26)38(35-27)25-8-5-4-6-9-25/h4-17,20,31H,3,18-19,21H2,1-2H3,(H,34,39)/t31-/m0/s1. The lowest BCUT2D eigenvalue weighted by Gasteiger charge is -2.31. The van der Waals surface area contributed by atoms with Crippen LogP contribution in [-0.2, 0) is 13.0 Å². The van der Waals surface area contributed by atoms with Crippen LogP contribution in [-0.4, -0.2) is 38.5 Å². The van der Waals surface area contributed by atoms with Gasteiger partial charge < -0.3 is 24.3 Å². The number of carbonyl (C=O) groups excluding carboxylic acids is 1. The Morgan fingerprint density at radius 2 is 1.73 bits per heavy atom. The Labute approximate surface area is 238 Å². The lowest BCUT2D eigenvalue weighted by Crippen LogP contribution is -2.38. The van der Waals surface area contributed by atoms with E-state index in [9.17, 15) is 4.79 Å². The molecule has 5 aromatic rings. The van der Waals surface area contributed by atoms with Gasteiger partial charge in [0, 0.05) is 23.5 Å². The average molecular weight is 546 g/mol. The molecule has 7 rings (SSSR count). The van der Waals surface area contributed by atoms with Gasteiger partial charge in [-0.1, -0.05) is 55.0 Å². The third-order valence-electron chi connectivity index (χ3n) is 7.75. The molecule has 4 heterocycles. The summed E-state index contributed by atoms with van der Waals surface area (Å²) < 4.78 is 15.6. The number of nitrogens with one attached hydrogen (secondary N) is 1. The number of aryl methyl sites for hydroxylation is 2. The molecule has 1 atom stereocenters. The number of ether oxygens (including phenoxy) is 2. The van der Waals surface area contributed by atoms with Crippen molar-refractivity contribution in [3.63, 3.8) is 0 Å². The molecule has 41 heavy (non-hydrogen) atoms. The Morgan fingerprint density at radius 3 is 2.51 bits per heavy atom. The van der Waals surface area contributed by atoms with Crippen LogP contribution in [0.1, 0.15) is 41.0 Å². The number of hydrogen-bond donors (Lipinski definition) is 1. The lowest BCUT2D eigenvalue weighted by molar-refractivity contribution is 0.171. The van der Waals surface area contributed by atoms with Gasteiger partial charge in [-0.05, 0) is 55.3 Å². The second-order valence-corrected chi connectivity index (χ2v) is 10.4. The number of amides is 2. The summed E-state index contributed by atoms with van der Waals surface area (Å²) in [7, 11) is 0. The van der Waals surface area contributed by atoms with Gasteiger partial charge in [-0.3, -0.25) is 0 Å². The number of rotatable bonds is 4. The van der Waals surface area contributed by atoms with E-state index in [0.29, 0.717) is 36.9 Å². The molecule has 3 aromatic carbocycles. The SMILES string of the molecule is CCc1nn(-c2ccccc2)c2c1CN(C(=O)Nc1ccc3c(c1)OCCO3)[C@@H](c1ccc(C)cc1)c1cccn1-2. The summed E-state index contributed by atoms with van der Waals surface area (Å²) in [5.41, 5.74) is 6.81. The zero-order valence-electron chi connectivity index (χ0n) is 23.1. The van der Waals surface area contributed by atoms with Crippen molar-refractivity contribution in [2.45, 2.75) is 32.9 Å². The van der Waals surface area contributed by atoms with Gasteiger partial charge >= 0.3 is 6.03 Å². The van der Waals surface area contributed by atoms with E-state index >= 15 is 0 Å². The highest BCUT2D eigenvalue weighted by Gasteiger charge is 2.36. The Bertz CT molecular complexity index is 1720. The monoisotopic (exact) mass is 545 g/mol. The van der Waals surface area contributed by atoms with Crippen molar-refractivity contribution in [2.75, 3.05) is 18.5 Å². The van der Waals surface area contributed by atoms with Gasteiger partial charge in [-0.25, -0.2) is 9.48 Å². The van der Waals surface area contributed by atoms with Gasteiger partial charge in [-0.15, -0.1) is 0 Å². The molecule has 2 aliphatic rings. The first kappa shape index (κ1) is 25.0. The molecule has 8 heteroatoms. The fraction of sp³-hybridized carbons (Fsp3) is 0.212. The summed E-state index contributed by atoms with van der Waals surface area (Å²) in [4.78, 5) is 16.2. The normalized spacial score (nSPS) is 15.6. The summed E-state index contributed by atoms with van der Waals surface area (Å²) in [5, 5.41) is 8.19. The average Bonchev–Trinajstić information content (AvgIpc) is 3.59. The Morgan fingerprint density at radius 1 is 0.951 bits per heavy atom. The third-order valence-corrected chi connectivity index (χ3v) is 7.75. The molecule has 0 unspecified atom stereocenters. The zero-order valence-corrected chi connectivity index (χ0v) is 23.1. The predicted octanol–water partition coefficient (Wildman–Crippen LogP) is 6.44. The predicted molar refractivity (Wildman–Crippen MR) is 157 cm³/mol. The molecule has 0 spiro atoms. The van der Waals surface area contributed by atoms with Crippen LogP contribution >= 0.6 is 0 Å². The number of fused-ring (bicyclic) bond motifs is 4. The van der Waals surface area contributed by atoms with E-state index < -0.39 is 0 Å². The summed E-state index contributed by atoms with van der Waals surface area (Å²) in [5.74, 6) is 2.28. The smallest absolute Gasteiger partial charge is 0.322 e. The van der Waals surface area contributed by atoms with Crippen molar-refractivity contribution < 1.29 is 14.3 Å². The Kier molecular flexibility index (Phi) is 6.23. The number of carbonyl (C=O) groups is 1. The first-order valence-corrected chi connectivity index (χ1v) is 14.0. The van der Waals surface area contributed by atoms with Crippen molar-refractivity contribution in [1.29, 1.82) is 0 Å². The van der Waals surface area contributed by atoms with Crippen LogP contribution in [0.4, 0.5) is 10.5 Å². The van der Waals surface area contributed by atoms with Gasteiger partial charge in [0.2, 0.25) is 0 Å². The van der Waals surface area contributed by atoms with E-state index in [2.05, 4.69) is 72.4 Å². The molecular formula is C33H31N5O3. The zero-order chi connectivity index (χ0) is 27.9. The number of hydrogen-bond acceptors (Lipinski definition) is 4. The molecule has 1 N–H and O–H groups in total. The minimum Gasteiger partial charge on any atom is -0.486 e. The summed E-state index contributed by atoms with van der Waals surface area (Å²) >= 11 is 0. The highest BCUT2D eigenvalue weighted by Crippen LogP contribution is 2.39. The van der Waals surface area contributed by atoms with Crippen molar-refractivity contribution in [3.8, 4) is 23.0 Å². The number of anilines is 1. The van der Waals surface area contributed by atoms with Crippen molar-refractivity contribution in [2.24, 2.45) is 0 Å². The van der Waals surface area contributed by atoms with Crippen LogP contribution in [0.25, 0.3) is 11.5 Å². The van der Waals surface area contributed by atoms with E-state index in [0.717, 1.165) is 40.4 Å². The maximum Gasteiger partial charge on any atom is 0.322 e. The first-order valence-electron chi connectivity index (χ1n) is 14.0. The molecule has 0 fully saturated rings. The number of benzene rings is 3. The molecule has 2 aromatic heterocycles. The Balaban J connectivity index is 1.37. The van der Waals surface area contributed by atoms with E-state index in [1.54, 1.807) is 0 Å². The summed E-state index contributed by atoms with van der Waals surface area (Å²) in [6, 6.07) is 27.7. The maximum atomic E-state index is 14.3. The van der Waals surface area contributed by atoms with Crippen LogP contribution in [0.15, 0.2) is 91.1 Å². The Hall–Kier alpha value is -4.98. The molecule has 0 bridgehead atoms. The number of aromatic nitrogens is 3. The lowest BCUT2D eigenvalue weighted by atomic mass is 10.0. The van der Waals surface area contributed by atoms with Gasteiger partial charge in [0.05, 0.1) is 29.7 Å². The molecular weight excluding hydrogens is 514 g/mol. The summed E-state index contributed by atoms with van der Waals surface area (Å²) in [6.45, 7) is 5.57. The van der Waals surface area contributed by atoms with Crippen molar-refractivity contribution >= 4 is 11.7 Å². The molecule has 2 aliphatic heterocycles. The third kappa shape index (κ3) is 4.41. The quantitative estimate of drug-likeness (QED) is 0.282. The van der Waals surface area contributed by atoms with E-state index in [1.165, 1.54) is 5.56 Å². The van der Waals surface area contributed by atoms with Crippen LogP contribution in [0.2, 0.25) is 0 Å². The van der Waals surface area contributed by atoms with E-state index in [4.69, 9.17) is 14.6 Å². The number of para-hydroxylation sites is 1. The molecule has 0 saturated heterocycles. The molecule has 8 nitrogen and oxygen atoms in total. The van der Waals surface area contributed by atoms with Crippen LogP contribution in [0.5, 0.6) is 11.5 Å². The van der Waals surface area contributed by atoms with Gasteiger partial charge in [0.25, 0.3) is 0 Å². The van der Waals surface area contributed by atoms with Crippen molar-refractivity contribution in [1.82, 2.24) is 19.2 Å². The largest absolute Gasteiger partial charge is 0.486 e. The van der Waals surface area contributed by atoms with Gasteiger partial charge in [-0.2, -0.15) is 5.10 Å². The number of urea groups is 1. The van der Waals surface area contributed by atoms with Gasteiger partial charge in [0.1, 0.15) is 19.0 Å². The molecule has 2 amide bonds. The summed E-state index contributed by atoms with van der Waals surface area (Å²) in [6.07, 6.45) is 2.81. The second-order valence-electron chi connectivity index (χ2n) is 10.4.